The Morgan fingerprint density at radius 1 is 1.28 bits per heavy atom. The molecule has 2 aliphatic rings. The number of methoxy groups -OCH3 is 1. The van der Waals surface area contributed by atoms with Crippen LogP contribution in [0.15, 0.2) is 42.5 Å². The molecule has 2 aromatic carbocycles. The number of amides is 1. The molecule has 1 saturated carbocycles. The number of likely N-dealkylation sites (tertiary alicyclic amines) is 1. The van der Waals surface area contributed by atoms with Crippen molar-refractivity contribution in [3.05, 3.63) is 53.6 Å². The van der Waals surface area contributed by atoms with E-state index in [9.17, 15) is 4.79 Å². The highest BCUT2D eigenvalue weighted by Crippen LogP contribution is 2.49. The second kappa shape index (κ2) is 6.19. The molecule has 4 heteroatoms. The molecule has 4 nitrogen and oxygen atoms in total. The average Bonchev–Trinajstić information content (AvgIpc) is 3.31. The molecule has 2 aromatic rings. The maximum atomic E-state index is 13.3. The highest BCUT2D eigenvalue weighted by molar-refractivity contribution is 6.01. The van der Waals surface area contributed by atoms with Gasteiger partial charge in [0.2, 0.25) is 0 Å². The van der Waals surface area contributed by atoms with E-state index in [1.165, 1.54) is 6.42 Å². The molecular weight excluding hydrogens is 312 g/mol. The third-order valence-corrected chi connectivity index (χ3v) is 5.59. The molecular formula is C21H24N2O2. The van der Waals surface area contributed by atoms with Crippen LogP contribution in [0, 0.1) is 18.8 Å². The van der Waals surface area contributed by atoms with E-state index in [-0.39, 0.29) is 11.9 Å². The van der Waals surface area contributed by atoms with Gasteiger partial charge in [-0.2, -0.15) is 0 Å². The Balaban J connectivity index is 1.73. The second-order valence-electron chi connectivity index (χ2n) is 7.20. The molecule has 130 valence electrons. The van der Waals surface area contributed by atoms with E-state index in [2.05, 4.69) is 0 Å². The topological polar surface area (TPSA) is 55.6 Å². The monoisotopic (exact) mass is 336 g/mol. The van der Waals surface area contributed by atoms with Crippen molar-refractivity contribution in [1.29, 1.82) is 0 Å². The Morgan fingerprint density at radius 3 is 2.88 bits per heavy atom. The molecule has 0 aromatic heterocycles. The molecule has 0 unspecified atom stereocenters. The van der Waals surface area contributed by atoms with E-state index >= 15 is 0 Å². The Morgan fingerprint density at radius 2 is 2.12 bits per heavy atom. The van der Waals surface area contributed by atoms with Crippen LogP contribution in [0.1, 0.15) is 22.3 Å². The number of hydrogen-bond donors (Lipinski definition) is 1. The molecule has 4 rings (SSSR count). The van der Waals surface area contributed by atoms with Gasteiger partial charge in [0, 0.05) is 24.7 Å². The number of ether oxygens (including phenoxy) is 1. The first kappa shape index (κ1) is 16.2. The second-order valence-corrected chi connectivity index (χ2v) is 7.20. The van der Waals surface area contributed by atoms with Gasteiger partial charge in [0.1, 0.15) is 5.75 Å². The largest absolute Gasteiger partial charge is 0.497 e. The zero-order valence-corrected chi connectivity index (χ0v) is 14.7. The number of aryl methyl sites for hydroxylation is 1. The minimum atomic E-state index is 0.101. The normalized spacial score (nSPS) is 24.1. The highest BCUT2D eigenvalue weighted by atomic mass is 16.5. The summed E-state index contributed by atoms with van der Waals surface area (Å²) in [5, 5.41) is 0. The van der Waals surface area contributed by atoms with Crippen molar-refractivity contribution in [2.24, 2.45) is 17.6 Å². The van der Waals surface area contributed by atoms with Crippen molar-refractivity contribution in [2.75, 3.05) is 20.2 Å². The van der Waals surface area contributed by atoms with E-state index in [4.69, 9.17) is 10.5 Å². The Bertz CT molecular complexity index is 817. The van der Waals surface area contributed by atoms with E-state index in [1.807, 2.05) is 54.3 Å². The fraction of sp³-hybridized carbons (Fsp3) is 0.381. The Kier molecular flexibility index (Phi) is 4.00. The SMILES string of the molecule is COc1cccc(-c2ccc(C)cc2C(=O)N2C[C@H]3C[C@H]3[C@H]2CN)c1. The quantitative estimate of drug-likeness (QED) is 0.933. The number of fused-ring (bicyclic) bond motifs is 1. The molecule has 1 heterocycles. The van der Waals surface area contributed by atoms with Crippen molar-refractivity contribution < 1.29 is 9.53 Å². The molecule has 3 atom stereocenters. The third-order valence-electron chi connectivity index (χ3n) is 5.59. The van der Waals surface area contributed by atoms with Crippen LogP contribution in [-0.2, 0) is 0 Å². The van der Waals surface area contributed by atoms with Crippen LogP contribution in [0.2, 0.25) is 0 Å². The van der Waals surface area contributed by atoms with Crippen LogP contribution in [-0.4, -0.2) is 37.0 Å². The summed E-state index contributed by atoms with van der Waals surface area (Å²) >= 11 is 0. The average molecular weight is 336 g/mol. The molecule has 25 heavy (non-hydrogen) atoms. The standard InChI is InChI=1S/C21H24N2O2/c1-13-6-7-17(14-4-3-5-16(9-14)25-2)19(8-13)21(24)23-12-15-10-18(15)20(23)11-22/h3-9,15,18,20H,10-12,22H2,1-2H3/t15-,18-,20-/m1/s1. The maximum Gasteiger partial charge on any atom is 0.254 e. The summed E-state index contributed by atoms with van der Waals surface area (Å²) in [6.45, 7) is 3.41. The molecule has 0 radical (unpaired) electrons. The lowest BCUT2D eigenvalue weighted by Gasteiger charge is -2.27. The van der Waals surface area contributed by atoms with Gasteiger partial charge < -0.3 is 15.4 Å². The van der Waals surface area contributed by atoms with E-state index < -0.39 is 0 Å². The summed E-state index contributed by atoms with van der Waals surface area (Å²) < 4.78 is 5.34. The Labute approximate surface area is 148 Å². The summed E-state index contributed by atoms with van der Waals surface area (Å²) in [6, 6.07) is 14.1. The van der Waals surface area contributed by atoms with E-state index in [1.54, 1.807) is 7.11 Å². The van der Waals surface area contributed by atoms with Crippen LogP contribution >= 0.6 is 0 Å². The first-order chi connectivity index (χ1) is 12.1. The lowest BCUT2D eigenvalue weighted by atomic mass is 9.96. The number of nitrogens with zero attached hydrogens (tertiary/aromatic N) is 1. The van der Waals surface area contributed by atoms with Crippen LogP contribution in [0.5, 0.6) is 5.75 Å². The number of hydrogen-bond acceptors (Lipinski definition) is 3. The lowest BCUT2D eigenvalue weighted by molar-refractivity contribution is 0.0713. The van der Waals surface area contributed by atoms with E-state index in [0.717, 1.165) is 34.5 Å². The molecule has 2 fully saturated rings. The fourth-order valence-corrected chi connectivity index (χ4v) is 4.14. The smallest absolute Gasteiger partial charge is 0.254 e. The summed E-state index contributed by atoms with van der Waals surface area (Å²) in [4.78, 5) is 15.3. The summed E-state index contributed by atoms with van der Waals surface area (Å²) in [5.74, 6) is 2.16. The number of carbonyl (C=O) groups excluding carboxylic acids is 1. The number of nitrogens with two attached hydrogens (primary N) is 1. The van der Waals surface area contributed by atoms with Gasteiger partial charge in [-0.3, -0.25) is 4.79 Å². The van der Waals surface area contributed by atoms with Crippen molar-refractivity contribution in [3.63, 3.8) is 0 Å². The van der Waals surface area contributed by atoms with Gasteiger partial charge in [-0.05, 0) is 54.5 Å². The molecule has 0 spiro atoms. The van der Waals surface area contributed by atoms with Gasteiger partial charge in [-0.25, -0.2) is 0 Å². The maximum absolute atomic E-state index is 13.3. The zero-order chi connectivity index (χ0) is 17.6. The van der Waals surface area contributed by atoms with Gasteiger partial charge >= 0.3 is 0 Å². The van der Waals surface area contributed by atoms with Crippen LogP contribution in [0.4, 0.5) is 0 Å². The molecule has 1 saturated heterocycles. The summed E-state index contributed by atoms with van der Waals surface area (Å²) in [7, 11) is 1.66. The van der Waals surface area contributed by atoms with Crippen molar-refractivity contribution >= 4 is 5.91 Å². The lowest BCUT2D eigenvalue weighted by Crippen LogP contribution is -2.43. The van der Waals surface area contributed by atoms with Crippen LogP contribution < -0.4 is 10.5 Å². The Hall–Kier alpha value is -2.33. The molecule has 2 N–H and O–H groups in total. The number of carbonyl (C=O) groups is 1. The molecule has 1 aliphatic carbocycles. The van der Waals surface area contributed by atoms with Gasteiger partial charge in [0.25, 0.3) is 5.91 Å². The van der Waals surface area contributed by atoms with Gasteiger partial charge in [0.05, 0.1) is 7.11 Å². The van der Waals surface area contributed by atoms with Crippen LogP contribution in [0.25, 0.3) is 11.1 Å². The van der Waals surface area contributed by atoms with E-state index in [0.29, 0.717) is 18.4 Å². The van der Waals surface area contributed by atoms with Crippen LogP contribution in [0.3, 0.4) is 0 Å². The van der Waals surface area contributed by atoms with Crippen molar-refractivity contribution in [3.8, 4) is 16.9 Å². The molecule has 1 aliphatic heterocycles. The van der Waals surface area contributed by atoms with Gasteiger partial charge in [-0.1, -0.05) is 29.8 Å². The minimum absolute atomic E-state index is 0.101. The highest BCUT2D eigenvalue weighted by Gasteiger charge is 2.53. The number of benzene rings is 2. The zero-order valence-electron chi connectivity index (χ0n) is 14.7. The third kappa shape index (κ3) is 2.81. The van der Waals surface area contributed by atoms with Crippen molar-refractivity contribution in [2.45, 2.75) is 19.4 Å². The fourth-order valence-electron chi connectivity index (χ4n) is 4.14. The first-order valence-corrected chi connectivity index (χ1v) is 8.88. The van der Waals surface area contributed by atoms with Gasteiger partial charge in [0.15, 0.2) is 0 Å². The molecule has 0 bridgehead atoms. The predicted molar refractivity (Wildman–Crippen MR) is 98.6 cm³/mol. The van der Waals surface area contributed by atoms with Gasteiger partial charge in [-0.15, -0.1) is 0 Å². The number of rotatable bonds is 4. The summed E-state index contributed by atoms with van der Waals surface area (Å²) in [5.41, 5.74) is 9.75. The first-order valence-electron chi connectivity index (χ1n) is 8.88. The number of piperidine rings is 1. The van der Waals surface area contributed by atoms with Crippen molar-refractivity contribution in [1.82, 2.24) is 4.90 Å². The summed E-state index contributed by atoms with van der Waals surface area (Å²) in [6.07, 6.45) is 1.22. The predicted octanol–water partition coefficient (Wildman–Crippen LogP) is 3.09. The molecule has 1 amide bonds. The minimum Gasteiger partial charge on any atom is -0.497 e.